The molecule has 6 nitrogen and oxygen atoms in total. The second-order valence-electron chi connectivity index (χ2n) is 7.55. The molecule has 0 amide bonds. The number of likely N-dealkylation sites (N-methyl/N-ethyl adjacent to an activating group) is 1. The molecule has 0 spiro atoms. The molecule has 3 aromatic rings. The van der Waals surface area contributed by atoms with E-state index in [4.69, 9.17) is 0 Å². The minimum atomic E-state index is 0.236. The fourth-order valence-electron chi connectivity index (χ4n) is 3.85. The lowest BCUT2D eigenvalue weighted by Crippen LogP contribution is -2.47. The minimum Gasteiger partial charge on any atom is -0.334 e. The van der Waals surface area contributed by atoms with Crippen molar-refractivity contribution in [3.05, 3.63) is 48.7 Å². The average molecular weight is 377 g/mol. The highest BCUT2D eigenvalue weighted by molar-refractivity contribution is 5.88. The first-order valence-corrected chi connectivity index (χ1v) is 9.94. The molecule has 3 heterocycles. The predicted octanol–water partition coefficient (Wildman–Crippen LogP) is 2.38. The van der Waals surface area contributed by atoms with Crippen LogP contribution in [0.4, 0.5) is 0 Å². The highest BCUT2D eigenvalue weighted by Crippen LogP contribution is 2.24. The van der Waals surface area contributed by atoms with Gasteiger partial charge in [-0.25, -0.2) is 4.98 Å². The van der Waals surface area contributed by atoms with Crippen LogP contribution in [-0.2, 0) is 18.3 Å². The quantitative estimate of drug-likeness (QED) is 0.660. The van der Waals surface area contributed by atoms with Crippen LogP contribution in [0.3, 0.4) is 0 Å². The number of hydrogen-bond acceptors (Lipinski definition) is 5. The summed E-state index contributed by atoms with van der Waals surface area (Å²) in [5.74, 6) is 0.236. The number of pyridine rings is 1. The lowest BCUT2D eigenvalue weighted by molar-refractivity contribution is -0.120. The van der Waals surface area contributed by atoms with Gasteiger partial charge in [0.1, 0.15) is 0 Å². The molecule has 0 atom stereocenters. The summed E-state index contributed by atoms with van der Waals surface area (Å²) in [7, 11) is 1.99. The average Bonchev–Trinajstić information content (AvgIpc) is 3.14. The maximum atomic E-state index is 12.6. The molecular formula is C22H27N5O. The Kier molecular flexibility index (Phi) is 5.50. The van der Waals surface area contributed by atoms with Crippen LogP contribution in [0.5, 0.6) is 0 Å². The van der Waals surface area contributed by atoms with Crippen molar-refractivity contribution in [2.45, 2.75) is 13.3 Å². The smallest absolute Gasteiger partial charge is 0.152 e. The Morgan fingerprint density at radius 2 is 1.82 bits per heavy atom. The number of aryl methyl sites for hydroxylation is 1. The summed E-state index contributed by atoms with van der Waals surface area (Å²) in [6.07, 6.45) is 5.92. The monoisotopic (exact) mass is 377 g/mol. The Balaban J connectivity index is 1.45. The molecule has 6 heteroatoms. The van der Waals surface area contributed by atoms with E-state index in [0.29, 0.717) is 13.0 Å². The van der Waals surface area contributed by atoms with Crippen LogP contribution in [0.2, 0.25) is 0 Å². The number of Topliss-reactive ketones (excluding diaryl/α,β-unsaturated/α-hetero) is 1. The highest BCUT2D eigenvalue weighted by atomic mass is 16.1. The van der Waals surface area contributed by atoms with E-state index >= 15 is 0 Å². The van der Waals surface area contributed by atoms with Gasteiger partial charge in [-0.15, -0.1) is 0 Å². The van der Waals surface area contributed by atoms with Gasteiger partial charge in [-0.3, -0.25) is 14.7 Å². The van der Waals surface area contributed by atoms with Crippen LogP contribution in [0.1, 0.15) is 12.6 Å². The molecule has 0 bridgehead atoms. The van der Waals surface area contributed by atoms with Crippen molar-refractivity contribution in [2.24, 2.45) is 7.05 Å². The summed E-state index contributed by atoms with van der Waals surface area (Å²) in [4.78, 5) is 26.0. The number of ketones is 1. The number of nitrogens with zero attached hydrogens (tertiary/aromatic N) is 5. The number of carbonyl (C=O) groups excluding carboxylic acids is 1. The molecule has 1 fully saturated rings. The molecule has 0 radical (unpaired) electrons. The number of fused-ring (bicyclic) bond motifs is 1. The van der Waals surface area contributed by atoms with Crippen molar-refractivity contribution in [3.8, 4) is 11.3 Å². The largest absolute Gasteiger partial charge is 0.334 e. The summed E-state index contributed by atoms with van der Waals surface area (Å²) < 4.78 is 2.01. The Bertz CT molecular complexity index is 972. The molecular weight excluding hydrogens is 350 g/mol. The number of piperazine rings is 1. The second-order valence-corrected chi connectivity index (χ2v) is 7.55. The van der Waals surface area contributed by atoms with Crippen molar-refractivity contribution < 1.29 is 4.79 Å². The topological polar surface area (TPSA) is 54.3 Å². The Morgan fingerprint density at radius 1 is 1.04 bits per heavy atom. The van der Waals surface area contributed by atoms with Crippen molar-refractivity contribution in [1.29, 1.82) is 0 Å². The van der Waals surface area contributed by atoms with Gasteiger partial charge in [-0.2, -0.15) is 0 Å². The first kappa shape index (κ1) is 18.8. The first-order valence-electron chi connectivity index (χ1n) is 9.94. The Morgan fingerprint density at radius 3 is 2.54 bits per heavy atom. The SMILES string of the molecule is CCN1CCN(CC(=O)Cc2cc3cc(-c4cncn4C)ccc3cn2)CC1. The van der Waals surface area contributed by atoms with E-state index in [9.17, 15) is 4.79 Å². The number of aromatic nitrogens is 3. The molecule has 4 rings (SSSR count). The lowest BCUT2D eigenvalue weighted by Gasteiger charge is -2.33. The highest BCUT2D eigenvalue weighted by Gasteiger charge is 2.18. The number of imidazole rings is 1. The molecule has 1 aromatic carbocycles. The lowest BCUT2D eigenvalue weighted by atomic mass is 10.0. The summed E-state index contributed by atoms with van der Waals surface area (Å²) in [6.45, 7) is 7.84. The third kappa shape index (κ3) is 4.13. The van der Waals surface area contributed by atoms with Gasteiger partial charge in [0.05, 0.1) is 31.2 Å². The zero-order valence-corrected chi connectivity index (χ0v) is 16.6. The van der Waals surface area contributed by atoms with Gasteiger partial charge in [-0.05, 0) is 24.1 Å². The molecule has 0 aliphatic carbocycles. The molecule has 1 saturated heterocycles. The number of rotatable bonds is 6. The third-order valence-electron chi connectivity index (χ3n) is 5.58. The summed E-state index contributed by atoms with van der Waals surface area (Å²) >= 11 is 0. The van der Waals surface area contributed by atoms with Crippen LogP contribution in [0.15, 0.2) is 43.0 Å². The molecule has 0 saturated carbocycles. The standard InChI is InChI=1S/C22H27N5O/c1-3-26-6-8-27(9-7-26)15-21(28)12-20-11-19-10-17(4-5-18(19)13-24-20)22-14-23-16-25(22)2/h4-5,10-11,13-14,16H,3,6-9,12,15H2,1-2H3. The number of benzene rings is 1. The molecule has 0 N–H and O–H groups in total. The summed E-state index contributed by atoms with van der Waals surface area (Å²) in [6, 6.07) is 8.35. The van der Waals surface area contributed by atoms with Crippen molar-refractivity contribution in [1.82, 2.24) is 24.3 Å². The number of hydrogen-bond donors (Lipinski definition) is 0. The predicted molar refractivity (Wildman–Crippen MR) is 111 cm³/mol. The van der Waals surface area contributed by atoms with Gasteiger partial charge in [0, 0.05) is 56.1 Å². The van der Waals surface area contributed by atoms with Crippen molar-refractivity contribution >= 4 is 16.6 Å². The Labute approximate surface area is 165 Å². The third-order valence-corrected chi connectivity index (χ3v) is 5.58. The van der Waals surface area contributed by atoms with Crippen molar-refractivity contribution in [2.75, 3.05) is 39.3 Å². The van der Waals surface area contributed by atoms with E-state index in [2.05, 4.69) is 44.9 Å². The minimum absolute atomic E-state index is 0.236. The molecule has 0 unspecified atom stereocenters. The van der Waals surface area contributed by atoms with Crippen LogP contribution in [0.25, 0.3) is 22.0 Å². The van der Waals surface area contributed by atoms with Gasteiger partial charge in [0.25, 0.3) is 0 Å². The van der Waals surface area contributed by atoms with E-state index in [1.165, 1.54) is 0 Å². The van der Waals surface area contributed by atoms with E-state index in [1.54, 1.807) is 6.33 Å². The van der Waals surface area contributed by atoms with Gasteiger partial charge >= 0.3 is 0 Å². The normalized spacial score (nSPS) is 15.9. The van der Waals surface area contributed by atoms with Crippen molar-refractivity contribution in [3.63, 3.8) is 0 Å². The fraction of sp³-hybridized carbons (Fsp3) is 0.409. The van der Waals surface area contributed by atoms with Crippen LogP contribution in [0, 0.1) is 0 Å². The zero-order valence-electron chi connectivity index (χ0n) is 16.6. The van der Waals surface area contributed by atoms with E-state index in [-0.39, 0.29) is 5.78 Å². The zero-order chi connectivity index (χ0) is 19.5. The molecule has 146 valence electrons. The summed E-state index contributed by atoms with van der Waals surface area (Å²) in [5, 5.41) is 2.19. The van der Waals surface area contributed by atoms with Crippen LogP contribution < -0.4 is 0 Å². The summed E-state index contributed by atoms with van der Waals surface area (Å²) in [5.41, 5.74) is 3.03. The fourth-order valence-corrected chi connectivity index (χ4v) is 3.85. The maximum absolute atomic E-state index is 12.6. The Hall–Kier alpha value is -2.57. The second kappa shape index (κ2) is 8.20. The molecule has 1 aliphatic heterocycles. The van der Waals surface area contributed by atoms with E-state index < -0.39 is 0 Å². The van der Waals surface area contributed by atoms with E-state index in [0.717, 1.165) is 60.4 Å². The van der Waals surface area contributed by atoms with Gasteiger partial charge in [-0.1, -0.05) is 19.1 Å². The first-order chi connectivity index (χ1) is 13.6. The number of carbonyl (C=O) groups is 1. The van der Waals surface area contributed by atoms with Gasteiger partial charge < -0.3 is 9.47 Å². The molecule has 2 aromatic heterocycles. The molecule has 28 heavy (non-hydrogen) atoms. The van der Waals surface area contributed by atoms with E-state index in [1.807, 2.05) is 30.1 Å². The van der Waals surface area contributed by atoms with Gasteiger partial charge in [0.2, 0.25) is 0 Å². The maximum Gasteiger partial charge on any atom is 0.152 e. The van der Waals surface area contributed by atoms with Crippen LogP contribution >= 0.6 is 0 Å². The van der Waals surface area contributed by atoms with Crippen LogP contribution in [-0.4, -0.2) is 69.4 Å². The molecule has 1 aliphatic rings. The van der Waals surface area contributed by atoms with Gasteiger partial charge in [0.15, 0.2) is 5.78 Å².